The molecule has 1 amide bonds. The van der Waals surface area contributed by atoms with Gasteiger partial charge in [-0.3, -0.25) is 9.79 Å². The molecule has 0 radical (unpaired) electrons. The number of carbonyl (C=O) groups is 1. The Morgan fingerprint density at radius 2 is 2.27 bits per heavy atom. The van der Waals surface area contributed by atoms with Crippen LogP contribution in [0.3, 0.4) is 0 Å². The molecule has 0 fully saturated rings. The second-order valence-electron chi connectivity index (χ2n) is 7.77. The fourth-order valence-corrected chi connectivity index (χ4v) is 6.67. The van der Waals surface area contributed by atoms with E-state index in [4.69, 9.17) is 0 Å². The number of fused-ring (bicyclic) bond motifs is 1. The Kier molecular flexibility index (Phi) is 6.37. The maximum absolute atomic E-state index is 12.3. The van der Waals surface area contributed by atoms with E-state index in [2.05, 4.69) is 37.1 Å². The average molecular weight is 408 g/mol. The van der Waals surface area contributed by atoms with E-state index in [0.717, 1.165) is 46.7 Å². The highest BCUT2D eigenvalue weighted by atomic mass is 32.2. The Bertz CT molecular complexity index is 755. The molecule has 0 saturated carbocycles. The Morgan fingerprint density at radius 1 is 1.46 bits per heavy atom. The minimum atomic E-state index is -0.0106. The summed E-state index contributed by atoms with van der Waals surface area (Å²) >= 11 is 5.02. The van der Waals surface area contributed by atoms with Gasteiger partial charge in [0.15, 0.2) is 0 Å². The number of anilines is 1. The van der Waals surface area contributed by atoms with Gasteiger partial charge in [-0.25, -0.2) is 0 Å². The summed E-state index contributed by atoms with van der Waals surface area (Å²) in [4.78, 5) is 18.0. The van der Waals surface area contributed by atoms with Gasteiger partial charge in [-0.15, -0.1) is 11.3 Å². The van der Waals surface area contributed by atoms with Gasteiger partial charge in [-0.1, -0.05) is 44.3 Å². The number of nitrogens with zero attached hydrogens (tertiary/aromatic N) is 2. The Labute approximate surface area is 168 Å². The van der Waals surface area contributed by atoms with E-state index in [1.54, 1.807) is 34.9 Å². The van der Waals surface area contributed by atoms with Gasteiger partial charge in [0.25, 0.3) is 0 Å². The van der Waals surface area contributed by atoms with Crippen molar-refractivity contribution in [2.75, 3.05) is 23.4 Å². The van der Waals surface area contributed by atoms with E-state index >= 15 is 0 Å². The zero-order valence-electron chi connectivity index (χ0n) is 15.6. The summed E-state index contributed by atoms with van der Waals surface area (Å²) in [6.07, 6.45) is 3.52. The van der Waals surface area contributed by atoms with Gasteiger partial charge in [0.2, 0.25) is 5.91 Å². The highest BCUT2D eigenvalue weighted by Gasteiger charge is 2.32. The zero-order chi connectivity index (χ0) is 18.7. The van der Waals surface area contributed by atoms with E-state index < -0.39 is 0 Å². The molecule has 26 heavy (non-hydrogen) atoms. The quantitative estimate of drug-likeness (QED) is 0.768. The summed E-state index contributed by atoms with van der Waals surface area (Å²) in [6.45, 7) is 7.75. The molecule has 1 N–H and O–H groups in total. The molecule has 1 atom stereocenters. The number of hydrogen-bond acceptors (Lipinski definition) is 6. The lowest BCUT2D eigenvalue weighted by Crippen LogP contribution is -2.26. The third-order valence-corrected chi connectivity index (χ3v) is 8.39. The largest absolute Gasteiger partial charge is 0.317 e. The van der Waals surface area contributed by atoms with Crippen molar-refractivity contribution in [3.63, 3.8) is 0 Å². The van der Waals surface area contributed by atoms with Gasteiger partial charge in [0.05, 0.1) is 12.1 Å². The maximum Gasteiger partial charge on any atom is 0.225 e. The van der Waals surface area contributed by atoms with E-state index in [1.165, 1.54) is 10.4 Å². The van der Waals surface area contributed by atoms with Gasteiger partial charge < -0.3 is 5.32 Å². The molecule has 0 aromatic carbocycles. The van der Waals surface area contributed by atoms with Crippen molar-refractivity contribution in [1.29, 1.82) is 5.26 Å². The normalized spacial score (nSPS) is 19.6. The van der Waals surface area contributed by atoms with Crippen LogP contribution in [0.15, 0.2) is 4.99 Å². The maximum atomic E-state index is 12.3. The molecule has 3 rings (SSSR count). The fraction of sp³-hybridized carbons (Fsp3) is 0.632. The highest BCUT2D eigenvalue weighted by Crippen LogP contribution is 2.44. The summed E-state index contributed by atoms with van der Waals surface area (Å²) in [6, 6.07) is 2.33. The van der Waals surface area contributed by atoms with Crippen molar-refractivity contribution in [2.24, 2.45) is 16.3 Å². The first-order chi connectivity index (χ1) is 12.4. The topological polar surface area (TPSA) is 65.2 Å². The minimum Gasteiger partial charge on any atom is -0.317 e. The van der Waals surface area contributed by atoms with Crippen molar-refractivity contribution in [2.45, 2.75) is 46.5 Å². The van der Waals surface area contributed by atoms with Crippen molar-refractivity contribution < 1.29 is 4.79 Å². The molecule has 1 aromatic rings. The van der Waals surface area contributed by atoms with Crippen LogP contribution in [-0.4, -0.2) is 28.3 Å². The molecule has 0 saturated heterocycles. The fourth-order valence-electron chi connectivity index (χ4n) is 3.35. The number of amides is 1. The van der Waals surface area contributed by atoms with Crippen LogP contribution in [0.5, 0.6) is 0 Å². The number of nitrogens with one attached hydrogen (secondary N) is 1. The molecule has 1 unspecified atom stereocenters. The van der Waals surface area contributed by atoms with Crippen molar-refractivity contribution in [1.82, 2.24) is 0 Å². The molecule has 2 aliphatic rings. The predicted octanol–water partition coefficient (Wildman–Crippen LogP) is 4.94. The summed E-state index contributed by atoms with van der Waals surface area (Å²) in [5.41, 5.74) is 2.13. The van der Waals surface area contributed by atoms with Gasteiger partial charge in [-0.2, -0.15) is 5.26 Å². The number of thioether (sulfide) groups is 2. The predicted molar refractivity (Wildman–Crippen MR) is 114 cm³/mol. The van der Waals surface area contributed by atoms with Crippen LogP contribution >= 0.6 is 34.9 Å². The molecule has 1 aliphatic carbocycles. The second kappa shape index (κ2) is 8.37. The van der Waals surface area contributed by atoms with Crippen LogP contribution in [0, 0.1) is 22.7 Å². The van der Waals surface area contributed by atoms with Crippen LogP contribution in [0.25, 0.3) is 0 Å². The number of thiophene rings is 1. The first kappa shape index (κ1) is 19.8. The third kappa shape index (κ3) is 4.65. The molecule has 7 heteroatoms. The van der Waals surface area contributed by atoms with Crippen LogP contribution < -0.4 is 5.32 Å². The molecule has 4 nitrogen and oxygen atoms in total. The van der Waals surface area contributed by atoms with Crippen LogP contribution in [0.4, 0.5) is 5.00 Å². The average Bonchev–Trinajstić information content (AvgIpc) is 3.20. The van der Waals surface area contributed by atoms with Crippen molar-refractivity contribution in [3.05, 3.63) is 16.0 Å². The summed E-state index contributed by atoms with van der Waals surface area (Å²) in [7, 11) is 0. The Balaban J connectivity index is 1.62. The lowest BCUT2D eigenvalue weighted by Gasteiger charge is -2.33. The summed E-state index contributed by atoms with van der Waals surface area (Å²) < 4.78 is 1.09. The minimum absolute atomic E-state index is 0.0106. The Morgan fingerprint density at radius 3 is 2.92 bits per heavy atom. The molecular weight excluding hydrogens is 382 g/mol. The Hall–Kier alpha value is -0.970. The van der Waals surface area contributed by atoms with E-state index in [0.29, 0.717) is 17.9 Å². The molecule has 0 bridgehead atoms. The SMILES string of the molecule is CC(C)(C)C1CCc2c(sc(NC(=O)CCSC3=NCCS3)c2C#N)C1. The number of aliphatic imine (C=N–C) groups is 1. The summed E-state index contributed by atoms with van der Waals surface area (Å²) in [5.74, 6) is 2.40. The van der Waals surface area contributed by atoms with E-state index in [9.17, 15) is 10.1 Å². The number of nitriles is 1. The van der Waals surface area contributed by atoms with Crippen LogP contribution in [0.1, 0.15) is 49.6 Å². The number of carbonyl (C=O) groups excluding carboxylic acids is 1. The molecular formula is C19H25N3OS3. The van der Waals surface area contributed by atoms with Gasteiger partial charge in [0, 0.05) is 22.8 Å². The first-order valence-electron chi connectivity index (χ1n) is 9.03. The van der Waals surface area contributed by atoms with Gasteiger partial charge in [-0.05, 0) is 36.2 Å². The molecule has 1 aliphatic heterocycles. The highest BCUT2D eigenvalue weighted by molar-refractivity contribution is 8.39. The van der Waals surface area contributed by atoms with E-state index in [1.807, 2.05) is 0 Å². The smallest absolute Gasteiger partial charge is 0.225 e. The van der Waals surface area contributed by atoms with Gasteiger partial charge >= 0.3 is 0 Å². The lowest BCUT2D eigenvalue weighted by atomic mass is 9.72. The van der Waals surface area contributed by atoms with Crippen LogP contribution in [0.2, 0.25) is 0 Å². The van der Waals surface area contributed by atoms with Crippen molar-refractivity contribution in [3.8, 4) is 6.07 Å². The monoisotopic (exact) mass is 407 g/mol. The van der Waals surface area contributed by atoms with Crippen LogP contribution in [-0.2, 0) is 17.6 Å². The zero-order valence-corrected chi connectivity index (χ0v) is 18.0. The lowest BCUT2D eigenvalue weighted by molar-refractivity contribution is -0.115. The van der Waals surface area contributed by atoms with Crippen molar-refractivity contribution >= 4 is 50.1 Å². The van der Waals surface area contributed by atoms with Gasteiger partial charge in [0.1, 0.15) is 15.4 Å². The number of rotatable bonds is 4. The number of hydrogen-bond donors (Lipinski definition) is 1. The second-order valence-corrected chi connectivity index (χ2v) is 11.3. The molecule has 0 spiro atoms. The molecule has 140 valence electrons. The molecule has 1 aromatic heterocycles. The first-order valence-corrected chi connectivity index (χ1v) is 11.8. The standard InChI is InChI=1S/C19H25N3OS3/c1-19(2,3)12-4-5-13-14(11-20)17(26-15(13)10-12)22-16(23)6-8-24-18-21-7-9-25-18/h12H,4-10H2,1-3H3,(H,22,23). The summed E-state index contributed by atoms with van der Waals surface area (Å²) in [5, 5.41) is 13.3. The third-order valence-electron chi connectivity index (χ3n) is 4.97. The molecule has 2 heterocycles. The van der Waals surface area contributed by atoms with E-state index in [-0.39, 0.29) is 11.3 Å².